The minimum absolute atomic E-state index is 0.294. The highest BCUT2D eigenvalue weighted by molar-refractivity contribution is 5.62. The summed E-state index contributed by atoms with van der Waals surface area (Å²) in [5.74, 6) is -0.405. The summed E-state index contributed by atoms with van der Waals surface area (Å²) in [6.07, 6.45) is 1.54. The summed E-state index contributed by atoms with van der Waals surface area (Å²) in [5.41, 5.74) is 6.08. The molecule has 1 aromatic rings. The number of aliphatic imine (C=N–C) groups is 1. The number of halogens is 1. The molecule has 0 heterocycles. The van der Waals surface area contributed by atoms with Gasteiger partial charge in [-0.05, 0) is 18.2 Å². The third-order valence-corrected chi connectivity index (χ3v) is 1.40. The second-order valence-corrected chi connectivity index (χ2v) is 2.92. The fourth-order valence-electron chi connectivity index (χ4n) is 0.806. The molecule has 0 aliphatic carbocycles. The van der Waals surface area contributed by atoms with Gasteiger partial charge in [-0.15, -0.1) is 0 Å². The van der Waals surface area contributed by atoms with Crippen molar-refractivity contribution in [2.24, 2.45) is 4.99 Å². The monoisotopic (exact) mass is 181 g/mol. The van der Waals surface area contributed by atoms with E-state index in [-0.39, 0.29) is 0 Å². The number of hydrogen-bond donors (Lipinski definition) is 1. The van der Waals surface area contributed by atoms with Crippen molar-refractivity contribution in [1.82, 2.24) is 4.90 Å². The molecule has 0 atom stereocenters. The van der Waals surface area contributed by atoms with Gasteiger partial charge in [0.25, 0.3) is 0 Å². The van der Waals surface area contributed by atoms with E-state index in [9.17, 15) is 4.39 Å². The number of nitrogens with two attached hydrogens (primary N) is 1. The molecule has 13 heavy (non-hydrogen) atoms. The van der Waals surface area contributed by atoms with Crippen molar-refractivity contribution in [3.8, 4) is 0 Å². The summed E-state index contributed by atoms with van der Waals surface area (Å²) < 4.78 is 13.1. The lowest BCUT2D eigenvalue weighted by molar-refractivity contribution is 0.625. The van der Waals surface area contributed by atoms with Gasteiger partial charge < -0.3 is 10.6 Å². The van der Waals surface area contributed by atoms with Gasteiger partial charge in [0.15, 0.2) is 5.82 Å². The van der Waals surface area contributed by atoms with Crippen molar-refractivity contribution >= 4 is 17.7 Å². The van der Waals surface area contributed by atoms with Crippen molar-refractivity contribution in [1.29, 1.82) is 0 Å². The van der Waals surface area contributed by atoms with Crippen molar-refractivity contribution in [3.05, 3.63) is 24.0 Å². The van der Waals surface area contributed by atoms with Crippen LogP contribution in [0.15, 0.2) is 23.2 Å². The summed E-state index contributed by atoms with van der Waals surface area (Å²) in [7, 11) is 3.64. The maximum absolute atomic E-state index is 13.1. The van der Waals surface area contributed by atoms with Gasteiger partial charge in [-0.1, -0.05) is 0 Å². The Bertz CT molecular complexity index is 321. The average Bonchev–Trinajstić information content (AvgIpc) is 2.02. The average molecular weight is 181 g/mol. The van der Waals surface area contributed by atoms with Crippen molar-refractivity contribution < 1.29 is 4.39 Å². The highest BCUT2D eigenvalue weighted by Crippen LogP contribution is 2.19. The normalized spacial score (nSPS) is 10.7. The Labute approximate surface area is 76.7 Å². The predicted molar refractivity (Wildman–Crippen MR) is 52.7 cm³/mol. The molecule has 0 radical (unpaired) electrons. The number of benzene rings is 1. The Balaban J connectivity index is 2.90. The van der Waals surface area contributed by atoms with Crippen LogP contribution in [0.5, 0.6) is 0 Å². The highest BCUT2D eigenvalue weighted by Gasteiger charge is 1.98. The van der Waals surface area contributed by atoms with Gasteiger partial charge in [0, 0.05) is 19.8 Å². The molecule has 70 valence electrons. The van der Waals surface area contributed by atoms with Crippen LogP contribution >= 0.6 is 0 Å². The second kappa shape index (κ2) is 3.89. The Morgan fingerprint density at radius 1 is 1.46 bits per heavy atom. The molecule has 3 nitrogen and oxygen atoms in total. The third kappa shape index (κ3) is 2.74. The van der Waals surface area contributed by atoms with Crippen molar-refractivity contribution in [3.63, 3.8) is 0 Å². The zero-order valence-corrected chi connectivity index (χ0v) is 7.66. The van der Waals surface area contributed by atoms with Gasteiger partial charge in [-0.25, -0.2) is 9.38 Å². The fourth-order valence-corrected chi connectivity index (χ4v) is 0.806. The summed E-state index contributed by atoms with van der Waals surface area (Å²) in [6.45, 7) is 0. The molecule has 0 saturated carbocycles. The van der Waals surface area contributed by atoms with Crippen LogP contribution in [0, 0.1) is 5.82 Å². The van der Waals surface area contributed by atoms with Crippen LogP contribution in [0.2, 0.25) is 0 Å². The fraction of sp³-hybridized carbons (Fsp3) is 0.222. The van der Waals surface area contributed by atoms with Crippen LogP contribution < -0.4 is 5.73 Å². The van der Waals surface area contributed by atoms with Crippen molar-refractivity contribution in [2.75, 3.05) is 19.8 Å². The lowest BCUT2D eigenvalue weighted by Crippen LogP contribution is -2.07. The Hall–Kier alpha value is -1.58. The smallest absolute Gasteiger partial charge is 0.150 e. The Morgan fingerprint density at radius 3 is 2.69 bits per heavy atom. The van der Waals surface area contributed by atoms with Crippen LogP contribution in [0.4, 0.5) is 15.8 Å². The first-order valence-corrected chi connectivity index (χ1v) is 3.85. The molecule has 0 spiro atoms. The van der Waals surface area contributed by atoms with E-state index < -0.39 is 5.82 Å². The minimum Gasteiger partial charge on any atom is -0.399 e. The number of hydrogen-bond acceptors (Lipinski definition) is 2. The molecule has 0 fully saturated rings. The predicted octanol–water partition coefficient (Wildman–Crippen LogP) is 1.63. The van der Waals surface area contributed by atoms with Crippen LogP contribution in [0.3, 0.4) is 0 Å². The molecule has 0 amide bonds. The first kappa shape index (κ1) is 9.51. The van der Waals surface area contributed by atoms with Crippen LogP contribution in [-0.2, 0) is 0 Å². The number of anilines is 1. The van der Waals surface area contributed by atoms with Crippen LogP contribution in [-0.4, -0.2) is 25.3 Å². The third-order valence-electron chi connectivity index (χ3n) is 1.40. The van der Waals surface area contributed by atoms with E-state index in [1.165, 1.54) is 12.4 Å². The van der Waals surface area contributed by atoms with Crippen LogP contribution in [0.1, 0.15) is 0 Å². The van der Waals surface area contributed by atoms with Gasteiger partial charge in [0.05, 0.1) is 6.34 Å². The SMILES string of the molecule is CN(C)/C=N\c1ccc(N)cc1F. The van der Waals surface area contributed by atoms with Gasteiger partial charge in [-0.2, -0.15) is 0 Å². The zero-order chi connectivity index (χ0) is 9.84. The summed E-state index contributed by atoms with van der Waals surface area (Å²) in [5, 5.41) is 0. The summed E-state index contributed by atoms with van der Waals surface area (Å²) >= 11 is 0. The largest absolute Gasteiger partial charge is 0.399 e. The molecule has 0 unspecified atom stereocenters. The first-order valence-electron chi connectivity index (χ1n) is 3.85. The van der Waals surface area contributed by atoms with Crippen molar-refractivity contribution in [2.45, 2.75) is 0 Å². The van der Waals surface area contributed by atoms with E-state index in [1.807, 2.05) is 14.1 Å². The molecule has 0 aliphatic rings. The molecular weight excluding hydrogens is 169 g/mol. The molecule has 1 rings (SSSR count). The number of rotatable bonds is 2. The van der Waals surface area contributed by atoms with E-state index in [1.54, 1.807) is 17.0 Å². The Kier molecular flexibility index (Phi) is 2.84. The summed E-state index contributed by atoms with van der Waals surface area (Å²) in [6, 6.07) is 4.42. The molecule has 0 saturated heterocycles. The molecule has 0 aliphatic heterocycles. The molecule has 4 heteroatoms. The minimum atomic E-state index is -0.405. The van der Waals surface area contributed by atoms with Gasteiger partial charge in [0.1, 0.15) is 5.69 Å². The molecule has 0 bridgehead atoms. The van der Waals surface area contributed by atoms with E-state index in [2.05, 4.69) is 4.99 Å². The lowest BCUT2D eigenvalue weighted by atomic mass is 10.3. The van der Waals surface area contributed by atoms with Crippen LogP contribution in [0.25, 0.3) is 0 Å². The standard InChI is InChI=1S/C9H12FN3/c1-13(2)6-12-9-4-3-7(11)5-8(9)10/h3-6H,11H2,1-2H3/b12-6-. The quantitative estimate of drug-likeness (QED) is 0.428. The zero-order valence-electron chi connectivity index (χ0n) is 7.66. The van der Waals surface area contributed by atoms with Gasteiger partial charge in [-0.3, -0.25) is 0 Å². The maximum Gasteiger partial charge on any atom is 0.150 e. The molecule has 0 aromatic heterocycles. The first-order chi connectivity index (χ1) is 6.09. The Morgan fingerprint density at radius 2 is 2.15 bits per heavy atom. The van der Waals surface area contributed by atoms with E-state index in [0.717, 1.165) is 0 Å². The van der Waals surface area contributed by atoms with E-state index in [4.69, 9.17) is 5.73 Å². The van der Waals surface area contributed by atoms with Gasteiger partial charge >= 0.3 is 0 Å². The molecular formula is C9H12FN3. The highest BCUT2D eigenvalue weighted by atomic mass is 19.1. The number of nitrogens with zero attached hydrogens (tertiary/aromatic N) is 2. The van der Waals surface area contributed by atoms with Gasteiger partial charge in [0.2, 0.25) is 0 Å². The molecule has 1 aromatic carbocycles. The topological polar surface area (TPSA) is 41.6 Å². The van der Waals surface area contributed by atoms with E-state index >= 15 is 0 Å². The number of nitrogen functional groups attached to an aromatic ring is 1. The molecule has 2 N–H and O–H groups in total. The summed E-state index contributed by atoms with van der Waals surface area (Å²) in [4.78, 5) is 5.65. The maximum atomic E-state index is 13.1. The lowest BCUT2D eigenvalue weighted by Gasteiger charge is -2.03. The second-order valence-electron chi connectivity index (χ2n) is 2.92. The van der Waals surface area contributed by atoms with E-state index in [0.29, 0.717) is 11.4 Å².